The molecule has 0 aliphatic rings. The van der Waals surface area contributed by atoms with Gasteiger partial charge in [0.05, 0.1) is 114 Å². The van der Waals surface area contributed by atoms with Crippen molar-refractivity contribution in [2.24, 2.45) is 0 Å². The van der Waals surface area contributed by atoms with Crippen molar-refractivity contribution in [3.63, 3.8) is 0 Å². The van der Waals surface area contributed by atoms with Crippen molar-refractivity contribution in [1.29, 1.82) is 31.6 Å². The molecule has 8 nitrogen and oxygen atoms in total. The van der Waals surface area contributed by atoms with Crippen LogP contribution in [0.2, 0.25) is 0 Å². The zero-order chi connectivity index (χ0) is 53.2. The number of fused-ring (bicyclic) bond motifs is 6. The maximum atomic E-state index is 14.4. The Morgan fingerprint density at radius 1 is 0.316 bits per heavy atom. The summed E-state index contributed by atoms with van der Waals surface area (Å²) in [7, 11) is 0. The van der Waals surface area contributed by atoms with Crippen LogP contribution in [0.4, 0.5) is 26.3 Å². The molecular weight excluding hydrogens is 971 g/mol. The molecule has 76 heavy (non-hydrogen) atoms. The third kappa shape index (κ3) is 7.76. The Bertz CT molecular complexity index is 4490. The van der Waals surface area contributed by atoms with Gasteiger partial charge in [-0.15, -0.1) is 0 Å². The van der Waals surface area contributed by atoms with Crippen LogP contribution < -0.4 is 0 Å². The van der Waals surface area contributed by atoms with E-state index in [-0.39, 0.29) is 50.6 Å². The van der Waals surface area contributed by atoms with E-state index >= 15 is 0 Å². The van der Waals surface area contributed by atoms with Gasteiger partial charge in [-0.05, 0) is 113 Å². The predicted molar refractivity (Wildman–Crippen MR) is 275 cm³/mol. The molecule has 0 unspecified atom stereocenters. The molecule has 11 rings (SSSR count). The van der Waals surface area contributed by atoms with E-state index in [1.807, 2.05) is 100 Å². The number of hydrogen-bond acceptors (Lipinski definition) is 6. The molecule has 9 aromatic carbocycles. The van der Waals surface area contributed by atoms with Crippen LogP contribution in [-0.2, 0) is 12.4 Å². The average Bonchev–Trinajstić information content (AvgIpc) is 3.95. The lowest BCUT2D eigenvalue weighted by Gasteiger charge is -2.20. The fourth-order valence-corrected chi connectivity index (χ4v) is 10.3. The summed E-state index contributed by atoms with van der Waals surface area (Å²) in [6, 6.07) is 57.5. The Hall–Kier alpha value is -10.9. The molecule has 0 saturated heterocycles. The molecule has 2 heterocycles. The summed E-state index contributed by atoms with van der Waals surface area (Å²) in [4.78, 5) is 0. The van der Waals surface area contributed by atoms with E-state index in [9.17, 15) is 57.9 Å². The van der Waals surface area contributed by atoms with Crippen molar-refractivity contribution in [2.45, 2.75) is 12.4 Å². The molecule has 358 valence electrons. The number of alkyl halides is 6. The average molecular weight is 999 g/mol. The van der Waals surface area contributed by atoms with Gasteiger partial charge in [0.2, 0.25) is 0 Å². The van der Waals surface area contributed by atoms with Crippen molar-refractivity contribution in [3.05, 3.63) is 214 Å². The minimum absolute atomic E-state index is 0.0472. The second-order valence-corrected chi connectivity index (χ2v) is 17.8. The van der Waals surface area contributed by atoms with Gasteiger partial charge in [-0.3, -0.25) is 0 Å². The molecule has 0 N–H and O–H groups in total. The Balaban J connectivity index is 1.20. The van der Waals surface area contributed by atoms with Crippen LogP contribution in [-0.4, -0.2) is 9.13 Å². The summed E-state index contributed by atoms with van der Waals surface area (Å²) in [6.45, 7) is 0. The Labute approximate surface area is 428 Å². The van der Waals surface area contributed by atoms with Gasteiger partial charge in [0, 0.05) is 43.8 Å². The fraction of sp³-hybridized carbons (Fsp3) is 0.0323. The lowest BCUT2D eigenvalue weighted by molar-refractivity contribution is -0.143. The summed E-state index contributed by atoms with van der Waals surface area (Å²) in [5, 5.41) is 63.0. The minimum Gasteiger partial charge on any atom is -0.309 e. The Morgan fingerprint density at radius 2 is 0.711 bits per heavy atom. The first kappa shape index (κ1) is 47.4. The fourth-order valence-electron chi connectivity index (χ4n) is 10.3. The Morgan fingerprint density at radius 3 is 1.16 bits per heavy atom. The molecule has 0 aliphatic carbocycles. The summed E-state index contributed by atoms with van der Waals surface area (Å²) in [6.07, 6.45) is -10.2. The van der Waals surface area contributed by atoms with Gasteiger partial charge in [-0.25, -0.2) is 0 Å². The highest BCUT2D eigenvalue weighted by molar-refractivity contribution is 6.13. The molecule has 0 fully saturated rings. The van der Waals surface area contributed by atoms with Crippen molar-refractivity contribution in [3.8, 4) is 92.3 Å². The number of para-hydroxylation sites is 3. The maximum absolute atomic E-state index is 14.4. The van der Waals surface area contributed by atoms with Crippen LogP contribution in [0.5, 0.6) is 0 Å². The normalized spacial score (nSPS) is 11.5. The smallest absolute Gasteiger partial charge is 0.309 e. The molecule has 0 radical (unpaired) electrons. The van der Waals surface area contributed by atoms with E-state index < -0.39 is 23.5 Å². The first-order valence-electron chi connectivity index (χ1n) is 23.1. The van der Waals surface area contributed by atoms with Gasteiger partial charge in [0.15, 0.2) is 0 Å². The summed E-state index contributed by atoms with van der Waals surface area (Å²) in [5.74, 6) is 0. The predicted octanol–water partition coefficient (Wildman–Crippen LogP) is 15.8. The Kier molecular flexibility index (Phi) is 11.2. The minimum atomic E-state index is -5.12. The van der Waals surface area contributed by atoms with Gasteiger partial charge in [-0.2, -0.15) is 57.9 Å². The number of halogens is 6. The second kappa shape index (κ2) is 18.0. The van der Waals surface area contributed by atoms with Gasteiger partial charge in [0.25, 0.3) is 0 Å². The molecule has 0 saturated carbocycles. The molecule has 14 heteroatoms. The van der Waals surface area contributed by atoms with Gasteiger partial charge < -0.3 is 9.13 Å². The van der Waals surface area contributed by atoms with E-state index in [2.05, 4.69) is 24.3 Å². The quantitative estimate of drug-likeness (QED) is 0.151. The van der Waals surface area contributed by atoms with Gasteiger partial charge in [0.1, 0.15) is 0 Å². The molecule has 2 aromatic heterocycles. The van der Waals surface area contributed by atoms with E-state index in [0.29, 0.717) is 84.2 Å². The van der Waals surface area contributed by atoms with Crippen molar-refractivity contribution >= 4 is 43.6 Å². The van der Waals surface area contributed by atoms with Crippen molar-refractivity contribution in [2.75, 3.05) is 0 Å². The second-order valence-electron chi connectivity index (χ2n) is 17.8. The maximum Gasteiger partial charge on any atom is 0.416 e. The number of aromatic nitrogens is 2. The van der Waals surface area contributed by atoms with Crippen LogP contribution >= 0.6 is 0 Å². The first-order chi connectivity index (χ1) is 36.7. The third-order valence-electron chi connectivity index (χ3n) is 13.5. The van der Waals surface area contributed by atoms with E-state index in [0.717, 1.165) is 16.3 Å². The van der Waals surface area contributed by atoms with E-state index in [4.69, 9.17) is 0 Å². The highest BCUT2D eigenvalue weighted by atomic mass is 19.4. The first-order valence-corrected chi connectivity index (χ1v) is 23.1. The molecule has 0 aliphatic heterocycles. The molecule has 0 spiro atoms. The number of rotatable bonds is 6. The zero-order valence-corrected chi connectivity index (χ0v) is 39.0. The number of nitrogens with zero attached hydrogens (tertiary/aromatic N) is 8. The van der Waals surface area contributed by atoms with Crippen LogP contribution in [0, 0.1) is 68.0 Å². The summed E-state index contributed by atoms with van der Waals surface area (Å²) >= 11 is 0. The van der Waals surface area contributed by atoms with Crippen molar-refractivity contribution < 1.29 is 26.3 Å². The lowest BCUT2D eigenvalue weighted by Crippen LogP contribution is -2.11. The standard InChI is InChI=1S/C62H28F6N8/c63-61(64,65)45-23-40(24-46(28-45)62(66,67)68)37-13-16-50(58(27-37)76-55-12-6-3-9-49(55)52-26-39(15-18-57(52)76)60-43(33-73)21-36(30-70)22-44(60)34-74)47-7-1-4-10-53(47)75-54-11-5-2-8-48(54)51-25-38(14-17-56(51)75)59-41(31-71)19-35(29-69)20-42(59)32-72/h1-28H. The summed E-state index contributed by atoms with van der Waals surface area (Å²) in [5.41, 5.74) is 4.03. The number of hydrogen-bond donors (Lipinski definition) is 0. The van der Waals surface area contributed by atoms with Gasteiger partial charge >= 0.3 is 12.4 Å². The highest BCUT2D eigenvalue weighted by Gasteiger charge is 2.37. The molecule has 0 atom stereocenters. The molecular formula is C62H28F6N8. The van der Waals surface area contributed by atoms with Crippen LogP contribution in [0.25, 0.3) is 99.5 Å². The van der Waals surface area contributed by atoms with Crippen LogP contribution in [0.3, 0.4) is 0 Å². The van der Waals surface area contributed by atoms with Crippen LogP contribution in [0.15, 0.2) is 170 Å². The largest absolute Gasteiger partial charge is 0.416 e. The van der Waals surface area contributed by atoms with E-state index in [1.165, 1.54) is 30.3 Å². The third-order valence-corrected chi connectivity index (χ3v) is 13.5. The monoisotopic (exact) mass is 998 g/mol. The highest BCUT2D eigenvalue weighted by Crippen LogP contribution is 2.46. The topological polar surface area (TPSA) is 153 Å². The molecule has 0 amide bonds. The zero-order valence-electron chi connectivity index (χ0n) is 39.0. The van der Waals surface area contributed by atoms with Crippen molar-refractivity contribution in [1.82, 2.24) is 9.13 Å². The summed E-state index contributed by atoms with van der Waals surface area (Å²) < 4.78 is 90.5. The molecule has 0 bridgehead atoms. The number of nitriles is 6. The number of benzene rings is 9. The van der Waals surface area contributed by atoms with Crippen LogP contribution in [0.1, 0.15) is 44.5 Å². The molecule has 11 aromatic rings. The lowest BCUT2D eigenvalue weighted by atomic mass is 9.92. The van der Waals surface area contributed by atoms with E-state index in [1.54, 1.807) is 42.5 Å². The van der Waals surface area contributed by atoms with Gasteiger partial charge in [-0.1, -0.05) is 78.9 Å². The SMILES string of the molecule is N#Cc1cc(C#N)c(-c2ccc3c(c2)c2ccccc2n3-c2ccccc2-c2ccc(-c3cc(C(F)(F)F)cc(C(F)(F)F)c3)cc2-n2c3ccccc3c3cc(-c4c(C#N)cc(C#N)cc4C#N)ccc32)c(C#N)c1.